The van der Waals surface area contributed by atoms with Crippen molar-refractivity contribution in [2.24, 2.45) is 0 Å². The minimum atomic E-state index is 0.920. The van der Waals surface area contributed by atoms with Crippen LogP contribution in [0, 0.1) is 0 Å². The fourth-order valence-electron chi connectivity index (χ4n) is 1.80. The van der Waals surface area contributed by atoms with Crippen LogP contribution >= 0.6 is 0 Å². The molecule has 104 valence electrons. The van der Waals surface area contributed by atoms with Crippen molar-refractivity contribution in [3.63, 3.8) is 0 Å². The molecule has 0 aromatic carbocycles. The molecule has 17 heavy (non-hydrogen) atoms. The number of nitrogens with one attached hydrogen (secondary N) is 1. The minimum Gasteiger partial charge on any atom is -0.381 e. The van der Waals surface area contributed by atoms with Crippen LogP contribution in [0.4, 0.5) is 0 Å². The molecule has 0 aromatic heterocycles. The molecule has 2 nitrogen and oxygen atoms in total. The van der Waals surface area contributed by atoms with Gasteiger partial charge in [0.25, 0.3) is 0 Å². The van der Waals surface area contributed by atoms with E-state index in [2.05, 4.69) is 19.2 Å². The largest absolute Gasteiger partial charge is 0.381 e. The average molecular weight is 243 g/mol. The monoisotopic (exact) mass is 243 g/mol. The van der Waals surface area contributed by atoms with Gasteiger partial charge in [0.1, 0.15) is 0 Å². The van der Waals surface area contributed by atoms with E-state index in [4.69, 9.17) is 4.74 Å². The molecule has 0 radical (unpaired) electrons. The molecule has 0 rings (SSSR count). The minimum absolute atomic E-state index is 0.920. The Balaban J connectivity index is 2.85. The first kappa shape index (κ1) is 16.9. The summed E-state index contributed by atoms with van der Waals surface area (Å²) in [5.41, 5.74) is 0. The highest BCUT2D eigenvalue weighted by Crippen LogP contribution is 2.03. The Kier molecular flexibility index (Phi) is 15.8. The molecular weight excluding hydrogens is 210 g/mol. The van der Waals surface area contributed by atoms with Crippen LogP contribution in [0.15, 0.2) is 0 Å². The summed E-state index contributed by atoms with van der Waals surface area (Å²) in [5.74, 6) is 0. The van der Waals surface area contributed by atoms with Gasteiger partial charge in [-0.1, -0.05) is 52.4 Å². The van der Waals surface area contributed by atoms with Gasteiger partial charge in [-0.25, -0.2) is 0 Å². The molecule has 0 fully saturated rings. The van der Waals surface area contributed by atoms with Gasteiger partial charge < -0.3 is 10.1 Å². The third-order valence-electron chi connectivity index (χ3n) is 2.99. The van der Waals surface area contributed by atoms with E-state index in [-0.39, 0.29) is 0 Å². The molecule has 1 N–H and O–H groups in total. The summed E-state index contributed by atoms with van der Waals surface area (Å²) in [6.07, 6.45) is 11.9. The summed E-state index contributed by atoms with van der Waals surface area (Å²) in [6.45, 7) is 8.62. The quantitative estimate of drug-likeness (QED) is 0.463. The Hall–Kier alpha value is -0.0800. The van der Waals surface area contributed by atoms with E-state index in [1.807, 2.05) is 0 Å². The van der Waals surface area contributed by atoms with Crippen LogP contribution in [0.3, 0.4) is 0 Å². The predicted molar refractivity (Wildman–Crippen MR) is 76.6 cm³/mol. The molecule has 0 atom stereocenters. The highest BCUT2D eigenvalue weighted by atomic mass is 16.5. The van der Waals surface area contributed by atoms with Crippen LogP contribution in [-0.4, -0.2) is 26.3 Å². The topological polar surface area (TPSA) is 21.3 Å². The first-order valence-corrected chi connectivity index (χ1v) is 7.70. The zero-order valence-corrected chi connectivity index (χ0v) is 12.1. The lowest BCUT2D eigenvalue weighted by Gasteiger charge is -2.05. The summed E-state index contributed by atoms with van der Waals surface area (Å²) < 4.78 is 5.51. The number of hydrogen-bond acceptors (Lipinski definition) is 2. The lowest BCUT2D eigenvalue weighted by molar-refractivity contribution is 0.129. The van der Waals surface area contributed by atoms with Gasteiger partial charge in [-0.2, -0.15) is 0 Å². The Morgan fingerprint density at radius 3 is 2.00 bits per heavy atom. The Labute approximate surface area is 109 Å². The van der Waals surface area contributed by atoms with E-state index >= 15 is 0 Å². The first-order valence-electron chi connectivity index (χ1n) is 7.70. The van der Waals surface area contributed by atoms with Crippen molar-refractivity contribution in [1.29, 1.82) is 0 Å². The summed E-state index contributed by atoms with van der Waals surface area (Å²) >= 11 is 0. The number of hydrogen-bond donors (Lipinski definition) is 1. The molecule has 0 unspecified atom stereocenters. The van der Waals surface area contributed by atoms with Gasteiger partial charge >= 0.3 is 0 Å². The van der Waals surface area contributed by atoms with Gasteiger partial charge in [-0.15, -0.1) is 0 Å². The highest BCUT2D eigenvalue weighted by Gasteiger charge is 1.91. The van der Waals surface area contributed by atoms with Crippen molar-refractivity contribution in [3.8, 4) is 0 Å². The lowest BCUT2D eigenvalue weighted by Crippen LogP contribution is -2.18. The van der Waals surface area contributed by atoms with E-state index in [1.54, 1.807) is 0 Å². The fourth-order valence-corrected chi connectivity index (χ4v) is 1.80. The maximum Gasteiger partial charge on any atom is 0.0478 e. The molecule has 0 amide bonds. The summed E-state index contributed by atoms with van der Waals surface area (Å²) in [4.78, 5) is 0. The highest BCUT2D eigenvalue weighted by molar-refractivity contribution is 4.50. The van der Waals surface area contributed by atoms with Crippen molar-refractivity contribution in [2.75, 3.05) is 26.3 Å². The van der Waals surface area contributed by atoms with Gasteiger partial charge in [-0.3, -0.25) is 0 Å². The van der Waals surface area contributed by atoms with Crippen molar-refractivity contribution in [3.05, 3.63) is 0 Å². The molecule has 0 bridgehead atoms. The van der Waals surface area contributed by atoms with Gasteiger partial charge in [-0.05, 0) is 32.4 Å². The van der Waals surface area contributed by atoms with E-state index in [9.17, 15) is 0 Å². The SMILES string of the molecule is CCCCCCCCNCCCOCCCC. The van der Waals surface area contributed by atoms with Crippen LogP contribution in [-0.2, 0) is 4.74 Å². The molecule has 0 aliphatic heterocycles. The maximum absolute atomic E-state index is 5.51. The average Bonchev–Trinajstić information content (AvgIpc) is 2.35. The van der Waals surface area contributed by atoms with Crippen LogP contribution in [0.25, 0.3) is 0 Å². The molecular formula is C15H33NO. The third kappa shape index (κ3) is 15.9. The molecule has 0 heterocycles. The Bertz CT molecular complexity index is 114. The van der Waals surface area contributed by atoms with Gasteiger partial charge in [0, 0.05) is 13.2 Å². The lowest BCUT2D eigenvalue weighted by atomic mass is 10.1. The smallest absolute Gasteiger partial charge is 0.0478 e. The van der Waals surface area contributed by atoms with Gasteiger partial charge in [0.05, 0.1) is 0 Å². The normalized spacial score (nSPS) is 10.9. The zero-order chi connectivity index (χ0) is 12.6. The van der Waals surface area contributed by atoms with Crippen molar-refractivity contribution in [1.82, 2.24) is 5.32 Å². The number of rotatable bonds is 14. The second-order valence-corrected chi connectivity index (χ2v) is 4.84. The molecule has 0 saturated heterocycles. The number of unbranched alkanes of at least 4 members (excludes halogenated alkanes) is 6. The molecule has 0 aromatic rings. The molecule has 2 heteroatoms. The first-order chi connectivity index (χ1) is 8.41. The molecule has 0 spiro atoms. The van der Waals surface area contributed by atoms with Gasteiger partial charge in [0.2, 0.25) is 0 Å². The second kappa shape index (κ2) is 15.9. The standard InChI is InChI=1S/C15H33NO/c1-3-5-7-8-9-10-12-16-13-11-15-17-14-6-4-2/h16H,3-15H2,1-2H3. The van der Waals surface area contributed by atoms with E-state index in [0.717, 1.165) is 26.2 Å². The Morgan fingerprint density at radius 2 is 1.24 bits per heavy atom. The summed E-state index contributed by atoms with van der Waals surface area (Å²) in [5, 5.41) is 3.49. The predicted octanol–water partition coefficient (Wildman–Crippen LogP) is 4.14. The van der Waals surface area contributed by atoms with E-state index in [0.29, 0.717) is 0 Å². The van der Waals surface area contributed by atoms with E-state index < -0.39 is 0 Å². The summed E-state index contributed by atoms with van der Waals surface area (Å²) in [7, 11) is 0. The third-order valence-corrected chi connectivity index (χ3v) is 2.99. The van der Waals surface area contributed by atoms with Crippen LogP contribution in [0.5, 0.6) is 0 Å². The molecule has 0 saturated carbocycles. The van der Waals surface area contributed by atoms with Crippen molar-refractivity contribution in [2.45, 2.75) is 71.6 Å². The summed E-state index contributed by atoms with van der Waals surface area (Å²) in [6, 6.07) is 0. The maximum atomic E-state index is 5.51. The molecule has 0 aliphatic carbocycles. The number of ether oxygens (including phenoxy) is 1. The van der Waals surface area contributed by atoms with E-state index in [1.165, 1.54) is 57.9 Å². The zero-order valence-electron chi connectivity index (χ0n) is 12.1. The molecule has 0 aliphatic rings. The van der Waals surface area contributed by atoms with Crippen LogP contribution < -0.4 is 5.32 Å². The second-order valence-electron chi connectivity index (χ2n) is 4.84. The van der Waals surface area contributed by atoms with Crippen LogP contribution in [0.1, 0.15) is 71.6 Å². The fraction of sp³-hybridized carbons (Fsp3) is 1.00. The van der Waals surface area contributed by atoms with Crippen LogP contribution in [0.2, 0.25) is 0 Å². The van der Waals surface area contributed by atoms with Crippen molar-refractivity contribution < 1.29 is 4.74 Å². The van der Waals surface area contributed by atoms with Crippen molar-refractivity contribution >= 4 is 0 Å². The van der Waals surface area contributed by atoms with Gasteiger partial charge in [0.15, 0.2) is 0 Å². The Morgan fingerprint density at radius 1 is 0.647 bits per heavy atom.